The molecule has 0 saturated carbocycles. The topological polar surface area (TPSA) is 150 Å². The van der Waals surface area contributed by atoms with Crippen molar-refractivity contribution in [2.45, 2.75) is 19.9 Å². The monoisotopic (exact) mass is 460 g/mol. The van der Waals surface area contributed by atoms with Gasteiger partial charge in [-0.05, 0) is 36.2 Å². The lowest BCUT2D eigenvalue weighted by atomic mass is 10.0. The van der Waals surface area contributed by atoms with E-state index >= 15 is 0 Å². The Bertz CT molecular complexity index is 1030. The van der Waals surface area contributed by atoms with Crippen molar-refractivity contribution in [3.05, 3.63) is 53.5 Å². The predicted octanol–water partition coefficient (Wildman–Crippen LogP) is 1.79. The third-order valence-electron chi connectivity index (χ3n) is 4.42. The van der Waals surface area contributed by atoms with E-state index in [4.69, 9.17) is 9.15 Å². The molecule has 0 aliphatic rings. The second-order valence-electron chi connectivity index (χ2n) is 7.07. The van der Waals surface area contributed by atoms with E-state index in [2.05, 4.69) is 20.1 Å². The summed E-state index contributed by atoms with van der Waals surface area (Å²) in [4.78, 5) is 60.8. The van der Waals surface area contributed by atoms with Crippen molar-refractivity contribution >= 4 is 35.4 Å². The minimum absolute atomic E-state index is 0.0180. The number of benzene rings is 1. The number of hydrogen-bond acceptors (Lipinski definition) is 9. The molecular weight excluding hydrogens is 436 g/mol. The van der Waals surface area contributed by atoms with E-state index in [1.54, 1.807) is 13.8 Å². The van der Waals surface area contributed by atoms with Gasteiger partial charge in [0.1, 0.15) is 6.04 Å². The van der Waals surface area contributed by atoms with E-state index in [0.717, 1.165) is 7.11 Å². The van der Waals surface area contributed by atoms with Crippen LogP contribution >= 0.6 is 0 Å². The van der Waals surface area contributed by atoms with Gasteiger partial charge < -0.3 is 29.3 Å². The first kappa shape index (κ1) is 25.1. The quantitative estimate of drug-likeness (QED) is 0.422. The van der Waals surface area contributed by atoms with Gasteiger partial charge in [-0.25, -0.2) is 14.4 Å². The Morgan fingerprint density at radius 3 is 2.27 bits per heavy atom. The molecule has 0 fully saturated rings. The van der Waals surface area contributed by atoms with Crippen molar-refractivity contribution in [3.63, 3.8) is 0 Å². The van der Waals surface area contributed by atoms with Crippen molar-refractivity contribution in [2.75, 3.05) is 26.1 Å². The van der Waals surface area contributed by atoms with Crippen molar-refractivity contribution in [1.82, 2.24) is 5.32 Å². The van der Waals surface area contributed by atoms with Gasteiger partial charge in [0.2, 0.25) is 0 Å². The largest absolute Gasteiger partial charge is 0.465 e. The second kappa shape index (κ2) is 11.5. The summed E-state index contributed by atoms with van der Waals surface area (Å²) in [6, 6.07) is 5.79. The molecule has 176 valence electrons. The molecule has 33 heavy (non-hydrogen) atoms. The zero-order valence-corrected chi connectivity index (χ0v) is 18.5. The Kier molecular flexibility index (Phi) is 8.72. The van der Waals surface area contributed by atoms with Crippen LogP contribution in [-0.4, -0.2) is 56.6 Å². The molecule has 0 spiro atoms. The van der Waals surface area contributed by atoms with Gasteiger partial charge in [-0.15, -0.1) is 0 Å². The van der Waals surface area contributed by atoms with E-state index in [1.165, 1.54) is 43.7 Å². The Balaban J connectivity index is 2.07. The lowest BCUT2D eigenvalue weighted by molar-refractivity contribution is -0.150. The maximum atomic E-state index is 12.5. The van der Waals surface area contributed by atoms with Crippen molar-refractivity contribution < 1.29 is 42.6 Å². The second-order valence-corrected chi connectivity index (χ2v) is 7.07. The van der Waals surface area contributed by atoms with Gasteiger partial charge in [-0.1, -0.05) is 13.8 Å². The zero-order chi connectivity index (χ0) is 24.5. The van der Waals surface area contributed by atoms with Gasteiger partial charge in [0.05, 0.1) is 37.3 Å². The summed E-state index contributed by atoms with van der Waals surface area (Å²) in [5, 5.41) is 4.90. The molecule has 11 nitrogen and oxygen atoms in total. The molecule has 1 atom stereocenters. The van der Waals surface area contributed by atoms with Crippen LogP contribution in [0.1, 0.15) is 45.1 Å². The molecule has 1 aromatic carbocycles. The first-order valence-electron chi connectivity index (χ1n) is 9.79. The Morgan fingerprint density at radius 2 is 1.70 bits per heavy atom. The maximum absolute atomic E-state index is 12.5. The summed E-state index contributed by atoms with van der Waals surface area (Å²) in [5.41, 5.74) is 0.0332. The van der Waals surface area contributed by atoms with Crippen LogP contribution in [0.25, 0.3) is 0 Å². The van der Waals surface area contributed by atoms with Crippen molar-refractivity contribution in [1.29, 1.82) is 0 Å². The van der Waals surface area contributed by atoms with Gasteiger partial charge in [-0.2, -0.15) is 0 Å². The number of carbonyl (C=O) groups excluding carboxylic acids is 5. The molecule has 2 amide bonds. The molecule has 2 aromatic rings. The average molecular weight is 460 g/mol. The van der Waals surface area contributed by atoms with Crippen LogP contribution in [0.4, 0.5) is 5.69 Å². The molecule has 0 radical (unpaired) electrons. The highest BCUT2D eigenvalue weighted by molar-refractivity contribution is 6.04. The number of nitrogens with one attached hydrogen (secondary N) is 2. The Morgan fingerprint density at radius 1 is 1.00 bits per heavy atom. The number of ether oxygens (including phenoxy) is 3. The van der Waals surface area contributed by atoms with Crippen LogP contribution in [0, 0.1) is 5.92 Å². The lowest BCUT2D eigenvalue weighted by Crippen LogP contribution is -2.45. The van der Waals surface area contributed by atoms with Crippen LogP contribution in [0.3, 0.4) is 0 Å². The molecule has 2 N–H and O–H groups in total. The number of rotatable bonds is 9. The fraction of sp³-hybridized carbons (Fsp3) is 0.318. The van der Waals surface area contributed by atoms with Crippen LogP contribution < -0.4 is 10.6 Å². The number of furan rings is 1. The Hall–Kier alpha value is -4.15. The van der Waals surface area contributed by atoms with Gasteiger partial charge >= 0.3 is 17.9 Å². The number of hydrogen-bond donors (Lipinski definition) is 2. The van der Waals surface area contributed by atoms with Crippen LogP contribution in [0.5, 0.6) is 0 Å². The van der Waals surface area contributed by atoms with E-state index in [0.29, 0.717) is 0 Å². The number of amides is 2. The SMILES string of the molecule is COC(=O)c1ccc(C(=O)OC)c(NC(=O)COC(=O)[C@H](NC(=O)c2ccco2)C(C)C)c1. The first-order chi connectivity index (χ1) is 15.7. The zero-order valence-electron chi connectivity index (χ0n) is 18.5. The summed E-state index contributed by atoms with van der Waals surface area (Å²) in [6.45, 7) is 2.67. The van der Waals surface area contributed by atoms with Gasteiger partial charge in [0.15, 0.2) is 12.4 Å². The highest BCUT2D eigenvalue weighted by atomic mass is 16.5. The fourth-order valence-electron chi connectivity index (χ4n) is 2.71. The number of methoxy groups -OCH3 is 2. The first-order valence-corrected chi connectivity index (χ1v) is 9.79. The normalized spacial score (nSPS) is 11.3. The molecule has 0 aliphatic heterocycles. The average Bonchev–Trinajstić information content (AvgIpc) is 3.34. The number of carbonyl (C=O) groups is 5. The molecule has 0 saturated heterocycles. The third-order valence-corrected chi connectivity index (χ3v) is 4.42. The third kappa shape index (κ3) is 6.66. The van der Waals surface area contributed by atoms with Crippen molar-refractivity contribution in [2.24, 2.45) is 5.92 Å². The molecule has 1 aromatic heterocycles. The minimum atomic E-state index is -1.04. The van der Waals surface area contributed by atoms with E-state index in [-0.39, 0.29) is 28.5 Å². The molecule has 11 heteroatoms. The van der Waals surface area contributed by atoms with E-state index in [1.807, 2.05) is 0 Å². The van der Waals surface area contributed by atoms with Crippen LogP contribution in [0.15, 0.2) is 41.0 Å². The highest BCUT2D eigenvalue weighted by Crippen LogP contribution is 2.20. The van der Waals surface area contributed by atoms with E-state index < -0.39 is 42.4 Å². The molecular formula is C22H24N2O9. The fourth-order valence-corrected chi connectivity index (χ4v) is 2.71. The van der Waals surface area contributed by atoms with Gasteiger partial charge in [0.25, 0.3) is 11.8 Å². The van der Waals surface area contributed by atoms with E-state index in [9.17, 15) is 24.0 Å². The molecule has 0 unspecified atom stereocenters. The smallest absolute Gasteiger partial charge is 0.339 e. The van der Waals surface area contributed by atoms with Crippen LogP contribution in [0.2, 0.25) is 0 Å². The minimum Gasteiger partial charge on any atom is -0.465 e. The molecule has 0 bridgehead atoms. The summed E-state index contributed by atoms with van der Waals surface area (Å²) in [7, 11) is 2.34. The van der Waals surface area contributed by atoms with Gasteiger partial charge in [-0.3, -0.25) is 9.59 Å². The molecule has 0 aliphatic carbocycles. The summed E-state index contributed by atoms with van der Waals surface area (Å²) in [5.74, 6) is -3.98. The summed E-state index contributed by atoms with van der Waals surface area (Å²) in [6.07, 6.45) is 1.32. The van der Waals surface area contributed by atoms with Gasteiger partial charge in [0, 0.05) is 0 Å². The van der Waals surface area contributed by atoms with Crippen molar-refractivity contribution in [3.8, 4) is 0 Å². The number of esters is 3. The summed E-state index contributed by atoms with van der Waals surface area (Å²) < 4.78 is 19.3. The standard InChI is InChI=1S/C22H24N2O9/c1-12(2)18(24-19(26)16-6-5-9-32-16)22(29)33-11-17(25)23-15-10-13(20(27)30-3)7-8-14(15)21(28)31-4/h5-10,12,18H,11H2,1-4H3,(H,23,25)(H,24,26)/t18-/m1/s1. The highest BCUT2D eigenvalue weighted by Gasteiger charge is 2.28. The van der Waals surface area contributed by atoms with Crippen LogP contribution in [-0.2, 0) is 23.8 Å². The summed E-state index contributed by atoms with van der Waals surface area (Å²) >= 11 is 0. The Labute approximate surface area is 189 Å². The molecule has 1 heterocycles. The number of anilines is 1. The maximum Gasteiger partial charge on any atom is 0.339 e. The predicted molar refractivity (Wildman–Crippen MR) is 114 cm³/mol. The molecule has 2 rings (SSSR count). The lowest BCUT2D eigenvalue weighted by Gasteiger charge is -2.20.